The Morgan fingerprint density at radius 2 is 1.92 bits per heavy atom. The van der Waals surface area contributed by atoms with Crippen LogP contribution in [0.2, 0.25) is 0 Å². The van der Waals surface area contributed by atoms with Gasteiger partial charge in [0.05, 0.1) is 18.9 Å². The highest BCUT2D eigenvalue weighted by atomic mass is 127. The monoisotopic (exact) mass is 463 g/mol. The summed E-state index contributed by atoms with van der Waals surface area (Å²) in [7, 11) is 1.58. The van der Waals surface area contributed by atoms with E-state index in [9.17, 15) is 13.2 Å². The van der Waals surface area contributed by atoms with E-state index in [4.69, 9.17) is 15.2 Å². The van der Waals surface area contributed by atoms with Gasteiger partial charge in [-0.2, -0.15) is 0 Å². The van der Waals surface area contributed by atoms with Crippen molar-refractivity contribution in [1.29, 1.82) is 0 Å². The number of hydrogen-bond acceptors (Lipinski definition) is 4. The number of para-hydroxylation sites is 2. The van der Waals surface area contributed by atoms with Gasteiger partial charge in [-0.3, -0.25) is 4.99 Å². The van der Waals surface area contributed by atoms with Crippen LogP contribution in [0.3, 0.4) is 0 Å². The van der Waals surface area contributed by atoms with E-state index >= 15 is 0 Å². The van der Waals surface area contributed by atoms with Crippen LogP contribution >= 0.6 is 24.0 Å². The topological polar surface area (TPSA) is 78.1 Å². The number of aliphatic imine (C=N–C) groups is 1. The van der Waals surface area contributed by atoms with Gasteiger partial charge in [0.1, 0.15) is 0 Å². The molecular weight excluding hydrogens is 442 g/mol. The van der Waals surface area contributed by atoms with Crippen LogP contribution in [-0.2, 0) is 9.47 Å². The van der Waals surface area contributed by atoms with Crippen molar-refractivity contribution < 1.29 is 27.4 Å². The van der Waals surface area contributed by atoms with Crippen LogP contribution in [0.4, 0.5) is 18.9 Å². The Balaban J connectivity index is 0.00000529. The summed E-state index contributed by atoms with van der Waals surface area (Å²) in [4.78, 5) is 4.01. The smallest absolute Gasteiger partial charge is 0.404 e. The molecule has 0 atom stereocenters. The zero-order valence-electron chi connectivity index (χ0n) is 13.1. The highest BCUT2D eigenvalue weighted by Crippen LogP contribution is 2.29. The molecule has 0 aromatic heterocycles. The van der Waals surface area contributed by atoms with Gasteiger partial charge in [0.25, 0.3) is 0 Å². The molecule has 1 rings (SSSR count). The van der Waals surface area contributed by atoms with E-state index in [0.717, 1.165) is 0 Å². The Kier molecular flexibility index (Phi) is 11.5. The molecule has 0 saturated heterocycles. The number of anilines is 1. The van der Waals surface area contributed by atoms with Crippen molar-refractivity contribution in [2.75, 3.05) is 38.8 Å². The second-order valence-corrected chi connectivity index (χ2v) is 4.39. The molecule has 0 aliphatic carbocycles. The minimum absolute atomic E-state index is 0. The third-order valence-corrected chi connectivity index (χ3v) is 2.54. The summed E-state index contributed by atoms with van der Waals surface area (Å²) in [5.74, 6) is -0.374. The number of nitrogens with one attached hydrogen (secondary N) is 1. The average molecular weight is 463 g/mol. The number of nitrogens with two attached hydrogens (primary N) is 1. The van der Waals surface area contributed by atoms with Gasteiger partial charge < -0.3 is 25.3 Å². The molecule has 0 fully saturated rings. The minimum atomic E-state index is -4.77. The Morgan fingerprint density at radius 1 is 1.21 bits per heavy atom. The lowest BCUT2D eigenvalue weighted by Crippen LogP contribution is -2.24. The molecule has 24 heavy (non-hydrogen) atoms. The largest absolute Gasteiger partial charge is 0.573 e. The lowest BCUT2D eigenvalue weighted by molar-refractivity contribution is -0.274. The van der Waals surface area contributed by atoms with Crippen LogP contribution in [0.1, 0.15) is 6.42 Å². The van der Waals surface area contributed by atoms with Gasteiger partial charge in [0, 0.05) is 20.3 Å². The highest BCUT2D eigenvalue weighted by molar-refractivity contribution is 14.0. The van der Waals surface area contributed by atoms with Gasteiger partial charge in [-0.05, 0) is 18.6 Å². The van der Waals surface area contributed by atoms with Crippen molar-refractivity contribution in [2.24, 2.45) is 10.7 Å². The van der Waals surface area contributed by atoms with Crippen molar-refractivity contribution in [3.63, 3.8) is 0 Å². The lowest BCUT2D eigenvalue weighted by atomic mass is 10.3. The first kappa shape index (κ1) is 22.7. The van der Waals surface area contributed by atoms with Gasteiger partial charge in [0.2, 0.25) is 0 Å². The summed E-state index contributed by atoms with van der Waals surface area (Å²) in [5.41, 5.74) is 5.73. The Bertz CT molecular complexity index is 502. The number of guanidine groups is 1. The molecule has 10 heteroatoms. The molecule has 0 aliphatic heterocycles. The molecule has 1 aromatic rings. The first-order valence-electron chi connectivity index (χ1n) is 6.91. The van der Waals surface area contributed by atoms with Crippen molar-refractivity contribution in [2.45, 2.75) is 12.8 Å². The molecule has 0 heterocycles. The van der Waals surface area contributed by atoms with E-state index in [1.54, 1.807) is 13.2 Å². The molecule has 0 bridgehead atoms. The van der Waals surface area contributed by atoms with Gasteiger partial charge >= 0.3 is 6.36 Å². The number of benzene rings is 1. The molecule has 0 radical (unpaired) electrons. The number of nitrogens with zero attached hydrogens (tertiary/aromatic N) is 1. The Hall–Kier alpha value is -1.27. The van der Waals surface area contributed by atoms with Crippen LogP contribution in [0.15, 0.2) is 29.3 Å². The predicted molar refractivity (Wildman–Crippen MR) is 96.0 cm³/mol. The van der Waals surface area contributed by atoms with E-state index in [0.29, 0.717) is 32.8 Å². The third-order valence-electron chi connectivity index (χ3n) is 2.54. The van der Waals surface area contributed by atoms with E-state index in [1.807, 2.05) is 0 Å². The quantitative estimate of drug-likeness (QED) is 0.255. The van der Waals surface area contributed by atoms with Crippen LogP contribution in [-0.4, -0.2) is 45.8 Å². The highest BCUT2D eigenvalue weighted by Gasteiger charge is 2.32. The molecule has 3 N–H and O–H groups in total. The molecule has 138 valence electrons. The fourth-order valence-electron chi connectivity index (χ4n) is 1.57. The van der Waals surface area contributed by atoms with E-state index in [-0.39, 0.29) is 41.4 Å². The molecule has 6 nitrogen and oxygen atoms in total. The summed E-state index contributed by atoms with van der Waals surface area (Å²) in [5, 5.41) is 2.59. The number of ether oxygens (including phenoxy) is 3. The number of alkyl halides is 3. The fraction of sp³-hybridized carbons (Fsp3) is 0.500. The predicted octanol–water partition coefficient (Wildman–Crippen LogP) is 2.98. The third kappa shape index (κ3) is 10.5. The van der Waals surface area contributed by atoms with Gasteiger partial charge in [-0.25, -0.2) is 0 Å². The van der Waals surface area contributed by atoms with E-state index in [2.05, 4.69) is 15.0 Å². The maximum atomic E-state index is 12.3. The summed E-state index contributed by atoms with van der Waals surface area (Å²) < 4.78 is 50.9. The number of rotatable bonds is 9. The van der Waals surface area contributed by atoms with Crippen LogP contribution < -0.4 is 15.8 Å². The van der Waals surface area contributed by atoms with E-state index in [1.165, 1.54) is 18.2 Å². The van der Waals surface area contributed by atoms with Gasteiger partial charge in [-0.15, -0.1) is 37.1 Å². The summed E-state index contributed by atoms with van der Waals surface area (Å²) in [6.07, 6.45) is -4.14. The second kappa shape index (κ2) is 12.1. The van der Waals surface area contributed by atoms with Crippen molar-refractivity contribution >= 4 is 35.6 Å². The van der Waals surface area contributed by atoms with Gasteiger partial charge in [0.15, 0.2) is 11.7 Å². The first-order valence-corrected chi connectivity index (χ1v) is 6.91. The Labute approximate surface area is 155 Å². The molecular formula is C14H21F3IN3O3. The van der Waals surface area contributed by atoms with Crippen molar-refractivity contribution in [1.82, 2.24) is 0 Å². The maximum Gasteiger partial charge on any atom is 0.573 e. The van der Waals surface area contributed by atoms with Crippen LogP contribution in [0.25, 0.3) is 0 Å². The zero-order valence-corrected chi connectivity index (χ0v) is 15.5. The average Bonchev–Trinajstić information content (AvgIpc) is 2.47. The normalized spacial score (nSPS) is 11.8. The van der Waals surface area contributed by atoms with Crippen LogP contribution in [0, 0.1) is 0 Å². The minimum Gasteiger partial charge on any atom is -0.404 e. The number of halogens is 4. The molecule has 0 aliphatic rings. The maximum absolute atomic E-state index is 12.3. The number of hydrogen-bond donors (Lipinski definition) is 2. The fourth-order valence-corrected chi connectivity index (χ4v) is 1.57. The molecule has 0 unspecified atom stereocenters. The summed E-state index contributed by atoms with van der Waals surface area (Å²) in [6.45, 7) is 1.89. The Morgan fingerprint density at radius 3 is 2.58 bits per heavy atom. The van der Waals surface area contributed by atoms with Crippen molar-refractivity contribution in [3.8, 4) is 5.75 Å². The van der Waals surface area contributed by atoms with Gasteiger partial charge in [-0.1, -0.05) is 12.1 Å². The van der Waals surface area contributed by atoms with E-state index < -0.39 is 6.36 Å². The standard InChI is InChI=1S/C14H20F3N3O3.HI/c1-21-9-10-22-8-4-7-19-13(18)20-11-5-2-3-6-12(11)23-14(15,16)17;/h2-3,5-6H,4,7-10H2,1H3,(H3,18,19,20);1H. The molecule has 0 saturated carbocycles. The SMILES string of the molecule is COCCOCCCN=C(N)Nc1ccccc1OC(F)(F)F.I. The lowest BCUT2D eigenvalue weighted by Gasteiger charge is -2.14. The second-order valence-electron chi connectivity index (χ2n) is 4.39. The van der Waals surface area contributed by atoms with Crippen LogP contribution in [0.5, 0.6) is 5.75 Å². The summed E-state index contributed by atoms with van der Waals surface area (Å²) in [6, 6.07) is 5.59. The summed E-state index contributed by atoms with van der Waals surface area (Å²) >= 11 is 0. The van der Waals surface area contributed by atoms with Crippen molar-refractivity contribution in [3.05, 3.63) is 24.3 Å². The number of methoxy groups -OCH3 is 1. The first-order chi connectivity index (χ1) is 10.9. The molecule has 0 spiro atoms. The zero-order chi connectivity index (χ0) is 17.1. The molecule has 1 aromatic carbocycles. The molecule has 0 amide bonds.